The van der Waals surface area contributed by atoms with Gasteiger partial charge in [-0.15, -0.1) is 0 Å². The predicted octanol–water partition coefficient (Wildman–Crippen LogP) is 24.3. The third-order valence-electron chi connectivity index (χ3n) is 19.7. The third kappa shape index (κ3) is 71.7. The Morgan fingerprint density at radius 2 is 0.480 bits per heavy atom. The molecule has 0 aromatic carbocycles. The minimum Gasteiger partial charge on any atom is -0.462 e. The number of hydrogen-bond acceptors (Lipinski definition) is 15. The van der Waals surface area contributed by atoms with Crippen molar-refractivity contribution in [2.24, 2.45) is 11.8 Å². The highest BCUT2D eigenvalue weighted by Gasteiger charge is 2.30. The van der Waals surface area contributed by atoms with Gasteiger partial charge >= 0.3 is 39.5 Å². The minimum atomic E-state index is -4.96. The van der Waals surface area contributed by atoms with Gasteiger partial charge < -0.3 is 33.8 Å². The summed E-state index contributed by atoms with van der Waals surface area (Å²) in [5.74, 6) is -0.458. The molecule has 4 unspecified atom stereocenters. The number of ether oxygens (including phenoxy) is 4. The van der Waals surface area contributed by atoms with Crippen LogP contribution in [0.1, 0.15) is 427 Å². The lowest BCUT2D eigenvalue weighted by atomic mass is 9.99. The average Bonchev–Trinajstić information content (AvgIpc) is 0.918. The van der Waals surface area contributed by atoms with Gasteiger partial charge in [0.1, 0.15) is 19.3 Å². The minimum absolute atomic E-state index is 0.107. The van der Waals surface area contributed by atoms with Gasteiger partial charge in [0.05, 0.1) is 26.4 Å². The molecule has 0 bridgehead atoms. The largest absolute Gasteiger partial charge is 0.472 e. The third-order valence-corrected chi connectivity index (χ3v) is 21.6. The van der Waals surface area contributed by atoms with E-state index < -0.39 is 97.5 Å². The molecule has 0 heterocycles. The Hall–Kier alpha value is -1.94. The van der Waals surface area contributed by atoms with Gasteiger partial charge in [0.25, 0.3) is 0 Å². The summed E-state index contributed by atoms with van der Waals surface area (Å²) in [4.78, 5) is 73.0. The van der Waals surface area contributed by atoms with Crippen molar-refractivity contribution in [3.05, 3.63) is 0 Å². The summed E-state index contributed by atoms with van der Waals surface area (Å²) in [6.07, 6.45) is 62.3. The Labute approximate surface area is 613 Å². The van der Waals surface area contributed by atoms with E-state index in [1.807, 2.05) is 0 Å². The monoisotopic (exact) mass is 1470 g/mol. The van der Waals surface area contributed by atoms with Crippen LogP contribution in [0.5, 0.6) is 0 Å². The molecule has 0 saturated heterocycles. The molecule has 0 aliphatic rings. The number of rotatable bonds is 80. The summed E-state index contributed by atoms with van der Waals surface area (Å²) in [6, 6.07) is 0. The number of unbranched alkanes of at least 4 members (excludes halogenated alkanes) is 48. The van der Waals surface area contributed by atoms with E-state index in [2.05, 4.69) is 41.5 Å². The zero-order valence-electron chi connectivity index (χ0n) is 65.5. The Morgan fingerprint density at radius 3 is 0.710 bits per heavy atom. The van der Waals surface area contributed by atoms with Crippen molar-refractivity contribution >= 4 is 39.5 Å². The van der Waals surface area contributed by atoms with Crippen LogP contribution in [0, 0.1) is 11.8 Å². The van der Waals surface area contributed by atoms with Crippen molar-refractivity contribution in [2.75, 3.05) is 39.6 Å². The maximum atomic E-state index is 13.1. The predicted molar refractivity (Wildman–Crippen MR) is 409 cm³/mol. The van der Waals surface area contributed by atoms with Crippen LogP contribution in [0.25, 0.3) is 0 Å². The number of carbonyl (C=O) groups excluding carboxylic acids is 4. The van der Waals surface area contributed by atoms with Crippen LogP contribution in [0.2, 0.25) is 0 Å². The van der Waals surface area contributed by atoms with Crippen molar-refractivity contribution in [1.29, 1.82) is 0 Å². The van der Waals surface area contributed by atoms with E-state index in [1.165, 1.54) is 244 Å². The van der Waals surface area contributed by atoms with Gasteiger partial charge in [-0.25, -0.2) is 9.13 Å². The first-order valence-corrected chi connectivity index (χ1v) is 45.1. The summed E-state index contributed by atoms with van der Waals surface area (Å²) in [6.45, 7) is 9.71. The molecular weight excluding hydrogens is 1310 g/mol. The van der Waals surface area contributed by atoms with E-state index in [4.69, 9.17) is 37.0 Å². The first-order valence-electron chi connectivity index (χ1n) is 42.1. The van der Waals surface area contributed by atoms with Gasteiger partial charge in [-0.1, -0.05) is 375 Å². The Balaban J connectivity index is 5.22. The molecule has 19 heteroatoms. The van der Waals surface area contributed by atoms with Crippen molar-refractivity contribution < 1.29 is 80.2 Å². The normalized spacial score (nSPS) is 14.4. The Kier molecular flexibility index (Phi) is 71.2. The maximum Gasteiger partial charge on any atom is 0.472 e. The number of carbonyl (C=O) groups is 4. The van der Waals surface area contributed by atoms with Crippen molar-refractivity contribution in [1.82, 2.24) is 0 Å². The van der Waals surface area contributed by atoms with Crippen molar-refractivity contribution in [2.45, 2.75) is 445 Å². The molecule has 594 valence electrons. The number of esters is 4. The van der Waals surface area contributed by atoms with Crippen LogP contribution in [-0.2, 0) is 65.4 Å². The molecule has 0 aliphatic carbocycles. The molecule has 100 heavy (non-hydrogen) atoms. The lowest BCUT2D eigenvalue weighted by molar-refractivity contribution is -0.161. The summed E-state index contributed by atoms with van der Waals surface area (Å²) in [5.41, 5.74) is 0. The SMILES string of the molecule is CCCCCCCCCCCCCCCC(=O)OC[C@H](COP(=O)(O)OC[C@@H](O)COP(=O)(O)OC[C@@H](COC(=O)CCCCCCCCCCC(C)CC)OC(=O)CCCCCCCCCCCCCCC)OC(=O)CCCCCCCCCCCCCCCCCCCCC(C)CC. The van der Waals surface area contributed by atoms with Gasteiger partial charge in [-0.2, -0.15) is 0 Å². The number of phosphoric ester groups is 2. The summed E-state index contributed by atoms with van der Waals surface area (Å²) in [5, 5.41) is 10.6. The van der Waals surface area contributed by atoms with Crippen LogP contribution in [0.3, 0.4) is 0 Å². The Morgan fingerprint density at radius 1 is 0.280 bits per heavy atom. The number of phosphoric acid groups is 2. The summed E-state index contributed by atoms with van der Waals surface area (Å²) >= 11 is 0. The first kappa shape index (κ1) is 98.1. The van der Waals surface area contributed by atoms with E-state index in [9.17, 15) is 43.2 Å². The first-order chi connectivity index (χ1) is 48.4. The van der Waals surface area contributed by atoms with Crippen molar-refractivity contribution in [3.63, 3.8) is 0 Å². The molecule has 0 spiro atoms. The molecule has 3 N–H and O–H groups in total. The van der Waals surface area contributed by atoms with Gasteiger partial charge in [0.15, 0.2) is 12.2 Å². The van der Waals surface area contributed by atoms with Gasteiger partial charge in [-0.3, -0.25) is 37.3 Å². The maximum absolute atomic E-state index is 13.1. The number of hydrogen-bond donors (Lipinski definition) is 3. The van der Waals surface area contributed by atoms with Crippen LogP contribution >= 0.6 is 15.6 Å². The summed E-state index contributed by atoms with van der Waals surface area (Å²) in [7, 11) is -9.92. The zero-order valence-corrected chi connectivity index (χ0v) is 67.3. The fourth-order valence-corrected chi connectivity index (χ4v) is 14.1. The molecule has 0 saturated carbocycles. The van der Waals surface area contributed by atoms with Crippen molar-refractivity contribution in [3.8, 4) is 0 Å². The molecule has 7 atom stereocenters. The standard InChI is InChI=1S/C81H158O17P2/c1-7-11-13-15-17-19-21-29-34-38-45-51-57-63-78(83)91-69-76(97-81(86)66-60-54-48-40-36-32-28-26-24-23-25-27-31-33-37-43-49-55-61-73(5)9-3)71-95-99(87,88)93-67-75(82)68-94-100(89,90)96-72-77(70-92-79(84)64-58-52-46-42-41-44-50-56-62-74(6)10-4)98-80(85)65-59-53-47-39-35-30-22-20-18-16-14-12-8-2/h73-77,82H,7-72H2,1-6H3,(H,87,88)(H,89,90)/t73?,74?,75-,76-,77-/m1/s1. The highest BCUT2D eigenvalue weighted by Crippen LogP contribution is 2.45. The Bertz CT molecular complexity index is 1930. The number of aliphatic hydroxyl groups excluding tert-OH is 1. The lowest BCUT2D eigenvalue weighted by Crippen LogP contribution is -2.30. The average molecular weight is 1470 g/mol. The second-order valence-corrected chi connectivity index (χ2v) is 32.6. The molecule has 17 nitrogen and oxygen atoms in total. The van der Waals surface area contributed by atoms with Crippen LogP contribution < -0.4 is 0 Å². The van der Waals surface area contributed by atoms with E-state index in [1.54, 1.807) is 0 Å². The lowest BCUT2D eigenvalue weighted by Gasteiger charge is -2.21. The van der Waals surface area contributed by atoms with E-state index in [0.29, 0.717) is 25.7 Å². The molecule has 0 rings (SSSR count). The molecule has 0 radical (unpaired) electrons. The fourth-order valence-electron chi connectivity index (χ4n) is 12.5. The summed E-state index contributed by atoms with van der Waals surface area (Å²) < 4.78 is 68.7. The van der Waals surface area contributed by atoms with E-state index in [0.717, 1.165) is 102 Å². The molecule has 0 aromatic heterocycles. The second-order valence-electron chi connectivity index (χ2n) is 29.6. The molecule has 0 aromatic rings. The van der Waals surface area contributed by atoms with Crippen LogP contribution in [0.15, 0.2) is 0 Å². The highest BCUT2D eigenvalue weighted by molar-refractivity contribution is 7.47. The zero-order chi connectivity index (χ0) is 73.5. The van der Waals surface area contributed by atoms with E-state index in [-0.39, 0.29) is 25.7 Å². The quantitative estimate of drug-likeness (QED) is 0.0222. The fraction of sp³-hybridized carbons (Fsp3) is 0.951. The van der Waals surface area contributed by atoms with E-state index >= 15 is 0 Å². The smallest absolute Gasteiger partial charge is 0.462 e. The molecule has 0 fully saturated rings. The second kappa shape index (κ2) is 72.6. The van der Waals surface area contributed by atoms with Gasteiger partial charge in [-0.05, 0) is 37.5 Å². The van der Waals surface area contributed by atoms with Gasteiger partial charge in [0, 0.05) is 25.7 Å². The number of aliphatic hydroxyl groups is 1. The van der Waals surface area contributed by atoms with Crippen LogP contribution in [-0.4, -0.2) is 96.7 Å². The molecular formula is C81H158O17P2. The topological polar surface area (TPSA) is 237 Å². The van der Waals surface area contributed by atoms with Gasteiger partial charge in [0.2, 0.25) is 0 Å². The van der Waals surface area contributed by atoms with Crippen LogP contribution in [0.4, 0.5) is 0 Å². The molecule has 0 aliphatic heterocycles. The highest BCUT2D eigenvalue weighted by atomic mass is 31.2. The molecule has 0 amide bonds.